The second-order valence-electron chi connectivity index (χ2n) is 27.8. The fourth-order valence-electron chi connectivity index (χ4n) is 10.3. The molecule has 3 nitrogen and oxygen atoms in total. The normalized spacial score (nSPS) is 9.74. The van der Waals surface area contributed by atoms with Crippen molar-refractivity contribution in [3.8, 4) is 11.1 Å². The molecule has 0 amide bonds. The highest BCUT2D eigenvalue weighted by Gasteiger charge is 2.34. The first-order valence-electron chi connectivity index (χ1n) is 33.7. The maximum Gasteiger partial charge on any atom is 0.170 e. The van der Waals surface area contributed by atoms with Crippen LogP contribution in [0.15, 0.2) is 164 Å². The Kier molecular flexibility index (Phi) is 74.5. The van der Waals surface area contributed by atoms with Crippen molar-refractivity contribution in [1.82, 2.24) is 4.90 Å². The van der Waals surface area contributed by atoms with Crippen LogP contribution in [0, 0.1) is 13.8 Å². The van der Waals surface area contributed by atoms with Crippen molar-refractivity contribution in [1.29, 1.82) is 0 Å². The van der Waals surface area contributed by atoms with Crippen molar-refractivity contribution in [2.45, 2.75) is 281 Å². The molecule has 1 aliphatic carbocycles. The monoisotopic (exact) mass is 1330 g/mol. The summed E-state index contributed by atoms with van der Waals surface area (Å²) in [5.74, 6) is 2.42. The van der Waals surface area contributed by atoms with E-state index in [0.717, 1.165) is 6.71 Å². The lowest BCUT2D eigenvalue weighted by atomic mass is 9.46. The van der Waals surface area contributed by atoms with Crippen LogP contribution in [0.2, 0.25) is 61.4 Å². The summed E-state index contributed by atoms with van der Waals surface area (Å²) >= 11 is 0. The summed E-state index contributed by atoms with van der Waals surface area (Å²) in [6.45, 7) is 58.4. The molecule has 0 saturated heterocycles. The van der Waals surface area contributed by atoms with E-state index in [-0.39, 0.29) is 72.3 Å². The summed E-state index contributed by atoms with van der Waals surface area (Å²) in [6.07, 6.45) is 2.50. The van der Waals surface area contributed by atoms with Crippen molar-refractivity contribution in [2.24, 2.45) is 0 Å². The van der Waals surface area contributed by atoms with Gasteiger partial charge in [0.1, 0.15) is 6.71 Å². The molecule has 0 spiro atoms. The Balaban J connectivity index is -0.0000000968. The lowest BCUT2D eigenvalue weighted by molar-refractivity contribution is 0.505. The summed E-state index contributed by atoms with van der Waals surface area (Å²) in [5, 5.41) is 0. The van der Waals surface area contributed by atoms with Crippen molar-refractivity contribution in [3.63, 3.8) is 0 Å². The third-order valence-electron chi connectivity index (χ3n) is 14.1. The highest BCUT2D eigenvalue weighted by atomic mass is 15.1. The number of rotatable bonds is 9. The number of fused-ring (bicyclic) bond motifs is 3. The SMILES string of the molecule is C.C.C.C.C.C.C.C.C.CB(C)C.CB(C)c1c(C(C)C)cccc1C(C)C.CB(C)c1c(C)cccc1C.CB(C)c1ccccc1.CC(C)c1cccc(C(C)C)c1N(C)C.CC1(C)c2ccccc2-c2ccccc21.CCC.CCC.CN(C)C.CN(C)c1ccccc1. The number of aryl methyl sites for hydroxylation is 2. The molecule has 0 radical (unpaired) electrons. The molecule has 0 aliphatic heterocycles. The molecule has 7 heteroatoms. The zero-order valence-electron chi connectivity index (χ0n) is 63.0. The van der Waals surface area contributed by atoms with Crippen LogP contribution < -0.4 is 26.2 Å². The Morgan fingerprint density at radius 3 is 0.814 bits per heavy atom. The van der Waals surface area contributed by atoms with Crippen molar-refractivity contribution in [2.75, 3.05) is 59.1 Å². The molecule has 554 valence electrons. The number of benzene rings is 7. The van der Waals surface area contributed by atoms with Gasteiger partial charge in [-0.3, -0.25) is 0 Å². The van der Waals surface area contributed by atoms with E-state index in [0.29, 0.717) is 43.8 Å². The van der Waals surface area contributed by atoms with E-state index in [2.05, 4.69) is 336 Å². The Bertz CT molecular complexity index is 2620. The maximum atomic E-state index is 2.30. The zero-order valence-corrected chi connectivity index (χ0v) is 63.0. The van der Waals surface area contributed by atoms with Gasteiger partial charge in [0.25, 0.3) is 0 Å². The molecule has 0 N–H and O–H groups in total. The average Bonchev–Trinajstić information content (AvgIpc) is 1.60. The first-order chi connectivity index (χ1) is 41.1. The Morgan fingerprint density at radius 1 is 0.330 bits per heavy atom. The molecule has 97 heavy (non-hydrogen) atoms. The Hall–Kier alpha value is -5.64. The van der Waals surface area contributed by atoms with Gasteiger partial charge >= 0.3 is 0 Å². The summed E-state index contributed by atoms with van der Waals surface area (Å²) in [7, 11) is 14.3. The van der Waals surface area contributed by atoms with Gasteiger partial charge in [0.15, 0.2) is 20.1 Å². The molecule has 0 heterocycles. The third kappa shape index (κ3) is 44.2. The number of hydrogen-bond acceptors (Lipinski definition) is 3. The highest BCUT2D eigenvalue weighted by Crippen LogP contribution is 2.48. The fraction of sp³-hybridized carbons (Fsp3) is 0.533. The van der Waals surface area contributed by atoms with E-state index >= 15 is 0 Å². The molecule has 0 atom stereocenters. The number of anilines is 2. The predicted octanol–water partition coefficient (Wildman–Crippen LogP) is 27.7. The van der Waals surface area contributed by atoms with E-state index in [9.17, 15) is 0 Å². The molecule has 0 aromatic heterocycles. The minimum Gasteiger partial charge on any atom is -0.378 e. The van der Waals surface area contributed by atoms with Gasteiger partial charge in [-0.1, -0.05) is 428 Å². The van der Waals surface area contributed by atoms with Crippen molar-refractivity contribution in [3.05, 3.63) is 208 Å². The molecular weight excluding hydrogens is 1170 g/mol. The van der Waals surface area contributed by atoms with Crippen molar-refractivity contribution < 1.29 is 0 Å². The largest absolute Gasteiger partial charge is 0.378 e. The summed E-state index contributed by atoms with van der Waals surface area (Å²) in [6, 6.07) is 58.2. The molecular formula is C90H167B4N3. The minimum absolute atomic E-state index is 0. The second-order valence-corrected chi connectivity index (χ2v) is 27.8. The van der Waals surface area contributed by atoms with Crippen LogP contribution in [-0.2, 0) is 5.41 Å². The van der Waals surface area contributed by atoms with Gasteiger partial charge < -0.3 is 14.7 Å². The van der Waals surface area contributed by atoms with Crippen LogP contribution in [0.3, 0.4) is 0 Å². The van der Waals surface area contributed by atoms with Gasteiger partial charge in [0.2, 0.25) is 0 Å². The molecule has 0 bridgehead atoms. The summed E-state index contributed by atoms with van der Waals surface area (Å²) in [4.78, 5) is 6.32. The van der Waals surface area contributed by atoms with Crippen LogP contribution in [0.4, 0.5) is 11.4 Å². The van der Waals surface area contributed by atoms with Crippen LogP contribution >= 0.6 is 0 Å². The molecule has 0 unspecified atom stereocenters. The lowest BCUT2D eigenvalue weighted by Gasteiger charge is -2.25. The van der Waals surface area contributed by atoms with Gasteiger partial charge in [0, 0.05) is 45.0 Å². The molecule has 0 fully saturated rings. The topological polar surface area (TPSA) is 9.72 Å². The number of para-hydroxylation sites is 2. The maximum absolute atomic E-state index is 2.30. The zero-order chi connectivity index (χ0) is 68.0. The van der Waals surface area contributed by atoms with E-state index < -0.39 is 0 Å². The smallest absolute Gasteiger partial charge is 0.170 e. The molecule has 8 rings (SSSR count). The third-order valence-corrected chi connectivity index (χ3v) is 14.1. The van der Waals surface area contributed by atoms with Crippen LogP contribution in [0.1, 0.15) is 245 Å². The van der Waals surface area contributed by atoms with Crippen LogP contribution in [0.25, 0.3) is 11.1 Å². The standard InChI is InChI=1S/C15H14.C14H23B.C14H23N.C10H15B.C8H11B.C8H11N.C3H9B.C3H9N.2C3H8.9CH4/c1-15(2)13-9-5-3-7-11(13)12-8-4-6-10-14(12)15;2*1-10(2)12-8-7-9-13(11(3)4)14(12)15(5)6;1-8-6-5-7-9(2)10(8)11(3)4;2*1-9(2)8-6-4-3-5-7-8;2*1-4(2)3;2*1-3-2;;;;;;;;;/h3-10H,1-2H3;2*7-11H,1-6H3;5-7H,1-4H3;2*3-7H,1-2H3;2*1-3H3;2*3H2,1-2H3;9*1H4. The van der Waals surface area contributed by atoms with Gasteiger partial charge in [0.05, 0.1) is 0 Å². The number of nitrogens with zero attached hydrogens (tertiary/aromatic N) is 3. The van der Waals surface area contributed by atoms with Gasteiger partial charge in [-0.05, 0) is 104 Å². The van der Waals surface area contributed by atoms with E-state index in [1.807, 2.05) is 64.4 Å². The first kappa shape index (κ1) is 116. The Morgan fingerprint density at radius 2 is 0.588 bits per heavy atom. The molecule has 0 saturated carbocycles. The minimum atomic E-state index is 0. The average molecular weight is 1330 g/mol. The fourth-order valence-corrected chi connectivity index (χ4v) is 10.3. The van der Waals surface area contributed by atoms with E-state index in [1.54, 1.807) is 5.46 Å². The second kappa shape index (κ2) is 62.6. The quantitative estimate of drug-likeness (QED) is 0.133. The van der Waals surface area contributed by atoms with Crippen LogP contribution in [-0.4, -0.2) is 81.1 Å². The summed E-state index contributed by atoms with van der Waals surface area (Å²) < 4.78 is 0. The molecule has 1 aliphatic rings. The molecule has 7 aromatic carbocycles. The first-order valence-corrected chi connectivity index (χ1v) is 33.7. The van der Waals surface area contributed by atoms with E-state index in [1.165, 1.54) is 90.8 Å². The highest BCUT2D eigenvalue weighted by molar-refractivity contribution is 6.72. The van der Waals surface area contributed by atoms with Crippen LogP contribution in [0.5, 0.6) is 0 Å². The lowest BCUT2D eigenvalue weighted by Crippen LogP contribution is -2.31. The van der Waals surface area contributed by atoms with Crippen molar-refractivity contribution >= 4 is 54.6 Å². The summed E-state index contributed by atoms with van der Waals surface area (Å²) in [5.41, 5.74) is 21.8. The predicted molar refractivity (Wildman–Crippen MR) is 478 cm³/mol. The molecule has 7 aromatic rings. The van der Waals surface area contributed by atoms with Gasteiger partial charge in [-0.15, -0.1) is 0 Å². The van der Waals surface area contributed by atoms with Gasteiger partial charge in [-0.25, -0.2) is 0 Å². The number of hydrogen-bond donors (Lipinski definition) is 0. The Labute approximate surface area is 615 Å². The van der Waals surface area contributed by atoms with E-state index in [4.69, 9.17) is 0 Å². The van der Waals surface area contributed by atoms with Gasteiger partial charge in [-0.2, -0.15) is 0 Å².